The molecule has 2 N–H and O–H groups in total. The Labute approximate surface area is 190 Å². The minimum Gasteiger partial charge on any atom is -0.479 e. The van der Waals surface area contributed by atoms with E-state index in [1.807, 2.05) is 6.07 Å². The maximum atomic E-state index is 14.1. The van der Waals surface area contributed by atoms with E-state index < -0.39 is 11.6 Å². The third-order valence-electron chi connectivity index (χ3n) is 6.80. The van der Waals surface area contributed by atoms with E-state index in [2.05, 4.69) is 34.7 Å². The van der Waals surface area contributed by atoms with Crippen molar-refractivity contribution in [1.82, 2.24) is 19.7 Å². The van der Waals surface area contributed by atoms with E-state index in [4.69, 9.17) is 9.72 Å². The first-order chi connectivity index (χ1) is 15.7. The number of nitrogens with one attached hydrogen (secondary N) is 1. The van der Waals surface area contributed by atoms with Crippen molar-refractivity contribution >= 4 is 28.0 Å². The van der Waals surface area contributed by atoms with E-state index in [1.165, 1.54) is 6.07 Å². The molecule has 0 spiro atoms. The highest BCUT2D eigenvalue weighted by atomic mass is 19.1. The van der Waals surface area contributed by atoms with Crippen molar-refractivity contribution in [1.29, 1.82) is 0 Å². The normalized spacial score (nSPS) is 21.3. The van der Waals surface area contributed by atoms with Crippen LogP contribution in [0.5, 0.6) is 0 Å². The summed E-state index contributed by atoms with van der Waals surface area (Å²) >= 11 is 0. The number of nitrogens with zero attached hydrogens (tertiary/aromatic N) is 3. The van der Waals surface area contributed by atoms with Crippen LogP contribution < -0.4 is 0 Å². The van der Waals surface area contributed by atoms with Crippen LogP contribution in [0.25, 0.3) is 27.8 Å². The lowest BCUT2D eigenvalue weighted by Crippen LogP contribution is -2.43. The summed E-state index contributed by atoms with van der Waals surface area (Å²) in [6, 6.07) is 7.19. The quantitative estimate of drug-likeness (QED) is 0.445. The summed E-state index contributed by atoms with van der Waals surface area (Å²) in [6.07, 6.45) is 2.83. The Morgan fingerprint density at radius 3 is 2.79 bits per heavy atom. The van der Waals surface area contributed by atoms with Gasteiger partial charge in [-0.1, -0.05) is 13.8 Å². The molecular formula is C25H27FN4O3. The predicted octanol–water partition coefficient (Wildman–Crippen LogP) is 5.21. The zero-order valence-electron chi connectivity index (χ0n) is 19.1. The van der Waals surface area contributed by atoms with Crippen LogP contribution in [-0.2, 0) is 9.53 Å². The van der Waals surface area contributed by atoms with Crippen molar-refractivity contribution in [3.63, 3.8) is 0 Å². The van der Waals surface area contributed by atoms with E-state index >= 15 is 0 Å². The number of carboxylic acids is 1. The summed E-state index contributed by atoms with van der Waals surface area (Å²) < 4.78 is 22.1. The number of hydrogen-bond acceptors (Lipinski definition) is 4. The van der Waals surface area contributed by atoms with Gasteiger partial charge in [-0.2, -0.15) is 5.10 Å². The highest BCUT2D eigenvalue weighted by Gasteiger charge is 2.41. The summed E-state index contributed by atoms with van der Waals surface area (Å²) in [4.78, 5) is 16.6. The standard InChI is InChI=1S/C25H27FN4O3/c1-13(2)22-20(15-7-8-25(4,24(31)32)33-12-15)21-19(10-16-11-27-29-23(16)28-21)30(22)17-5-6-18(26)14(3)9-17/h5-6,9-11,13,15H,7-8,12H2,1-4H3,(H,31,32)(H,27,28,29)/t15?,25-/m0/s1. The fraction of sp³-hybridized carbons (Fsp3) is 0.400. The second kappa shape index (κ2) is 7.66. The highest BCUT2D eigenvalue weighted by Crippen LogP contribution is 2.43. The van der Waals surface area contributed by atoms with Gasteiger partial charge in [0.05, 0.1) is 23.8 Å². The van der Waals surface area contributed by atoms with Gasteiger partial charge >= 0.3 is 5.97 Å². The number of aryl methyl sites for hydroxylation is 1. The van der Waals surface area contributed by atoms with Crippen LogP contribution in [0.4, 0.5) is 4.39 Å². The first kappa shape index (κ1) is 21.6. The van der Waals surface area contributed by atoms with Crippen molar-refractivity contribution < 1.29 is 19.0 Å². The minimum absolute atomic E-state index is 0.00649. The van der Waals surface area contributed by atoms with Gasteiger partial charge in [0, 0.05) is 28.2 Å². The molecule has 1 unspecified atom stereocenters. The number of H-pyrrole nitrogens is 1. The summed E-state index contributed by atoms with van der Waals surface area (Å²) in [5, 5.41) is 17.6. The van der Waals surface area contributed by atoms with E-state index in [0.29, 0.717) is 30.7 Å². The number of aromatic nitrogens is 4. The smallest absolute Gasteiger partial charge is 0.335 e. The molecule has 172 valence electrons. The second-order valence-electron chi connectivity index (χ2n) is 9.47. The topological polar surface area (TPSA) is 93.0 Å². The average Bonchev–Trinajstić information content (AvgIpc) is 3.36. The zero-order chi connectivity index (χ0) is 23.5. The van der Waals surface area contributed by atoms with Crippen LogP contribution in [0.15, 0.2) is 30.5 Å². The van der Waals surface area contributed by atoms with Gasteiger partial charge in [0.25, 0.3) is 0 Å². The van der Waals surface area contributed by atoms with Crippen molar-refractivity contribution in [3.05, 3.63) is 53.1 Å². The molecule has 1 aromatic carbocycles. The maximum Gasteiger partial charge on any atom is 0.335 e. The molecule has 33 heavy (non-hydrogen) atoms. The monoisotopic (exact) mass is 450 g/mol. The number of hydrogen-bond donors (Lipinski definition) is 2. The van der Waals surface area contributed by atoms with Gasteiger partial charge in [-0.15, -0.1) is 0 Å². The number of aliphatic carboxylic acids is 1. The molecule has 4 heterocycles. The first-order valence-corrected chi connectivity index (χ1v) is 11.2. The van der Waals surface area contributed by atoms with E-state index in [-0.39, 0.29) is 17.7 Å². The minimum atomic E-state index is -1.18. The molecule has 0 saturated carbocycles. The molecule has 0 amide bonds. The van der Waals surface area contributed by atoms with Crippen LogP contribution >= 0.6 is 0 Å². The highest BCUT2D eigenvalue weighted by molar-refractivity contribution is 5.93. The Morgan fingerprint density at radius 1 is 1.36 bits per heavy atom. The number of fused-ring (bicyclic) bond motifs is 2. The van der Waals surface area contributed by atoms with Gasteiger partial charge in [0.15, 0.2) is 11.2 Å². The second-order valence-corrected chi connectivity index (χ2v) is 9.47. The third-order valence-corrected chi connectivity index (χ3v) is 6.80. The summed E-state index contributed by atoms with van der Waals surface area (Å²) in [7, 11) is 0. The van der Waals surface area contributed by atoms with E-state index in [0.717, 1.165) is 33.4 Å². The maximum absolute atomic E-state index is 14.1. The largest absolute Gasteiger partial charge is 0.479 e. The van der Waals surface area contributed by atoms with Crippen molar-refractivity contribution in [2.24, 2.45) is 0 Å². The molecule has 8 heteroatoms. The molecule has 7 nitrogen and oxygen atoms in total. The average molecular weight is 451 g/mol. The fourth-order valence-electron chi connectivity index (χ4n) is 4.91. The van der Waals surface area contributed by atoms with E-state index in [1.54, 1.807) is 26.1 Å². The Kier molecular flexibility index (Phi) is 5.01. The molecule has 1 aliphatic heterocycles. The lowest BCUT2D eigenvalue weighted by atomic mass is 9.84. The van der Waals surface area contributed by atoms with Crippen LogP contribution in [0, 0.1) is 12.7 Å². The molecule has 3 aromatic heterocycles. The predicted molar refractivity (Wildman–Crippen MR) is 123 cm³/mol. The van der Waals surface area contributed by atoms with Crippen LogP contribution in [0.3, 0.4) is 0 Å². The number of rotatable bonds is 4. The molecular weight excluding hydrogens is 423 g/mol. The SMILES string of the molecule is Cc1cc(-n2c(C(C)C)c(C3CC[C@@](C)(C(=O)O)OC3)c3nc4[nH]ncc4cc32)ccc1F. The molecule has 0 aliphatic carbocycles. The zero-order valence-corrected chi connectivity index (χ0v) is 19.1. The number of carboxylic acid groups (broad SMARTS) is 1. The fourth-order valence-corrected chi connectivity index (χ4v) is 4.91. The van der Waals surface area contributed by atoms with Gasteiger partial charge in [-0.05, 0) is 62.4 Å². The van der Waals surface area contributed by atoms with Crippen molar-refractivity contribution in [2.45, 2.75) is 58.0 Å². The van der Waals surface area contributed by atoms with Crippen LogP contribution in [0.2, 0.25) is 0 Å². The van der Waals surface area contributed by atoms with Gasteiger partial charge < -0.3 is 14.4 Å². The molecule has 1 saturated heterocycles. The van der Waals surface area contributed by atoms with Gasteiger partial charge in [-0.25, -0.2) is 14.2 Å². The Morgan fingerprint density at radius 2 is 2.15 bits per heavy atom. The van der Waals surface area contributed by atoms with Crippen molar-refractivity contribution in [2.75, 3.05) is 6.61 Å². The lowest BCUT2D eigenvalue weighted by molar-refractivity contribution is -0.170. The summed E-state index contributed by atoms with van der Waals surface area (Å²) in [6.45, 7) is 7.94. The number of benzene rings is 1. The molecule has 5 rings (SSSR count). The van der Waals surface area contributed by atoms with E-state index in [9.17, 15) is 14.3 Å². The molecule has 1 aliphatic rings. The Bertz CT molecular complexity index is 1380. The number of halogens is 1. The van der Waals surface area contributed by atoms with Crippen LogP contribution in [0.1, 0.15) is 62.3 Å². The third kappa shape index (κ3) is 3.40. The van der Waals surface area contributed by atoms with Gasteiger partial charge in [0.2, 0.25) is 0 Å². The Hall–Kier alpha value is -3.26. The lowest BCUT2D eigenvalue weighted by Gasteiger charge is -2.35. The number of pyridine rings is 1. The molecule has 0 bridgehead atoms. The molecule has 0 radical (unpaired) electrons. The molecule has 2 atom stereocenters. The number of carbonyl (C=O) groups is 1. The summed E-state index contributed by atoms with van der Waals surface area (Å²) in [5.74, 6) is -1.05. The molecule has 1 fully saturated rings. The number of aromatic amines is 1. The Balaban J connectivity index is 1.77. The van der Waals surface area contributed by atoms with Crippen molar-refractivity contribution in [3.8, 4) is 5.69 Å². The van der Waals surface area contributed by atoms with Gasteiger partial charge in [0.1, 0.15) is 5.82 Å². The van der Waals surface area contributed by atoms with Gasteiger partial charge in [-0.3, -0.25) is 5.10 Å². The molecule has 4 aromatic rings. The number of ether oxygens (including phenoxy) is 1. The van der Waals surface area contributed by atoms with Crippen LogP contribution in [-0.4, -0.2) is 43.0 Å². The first-order valence-electron chi connectivity index (χ1n) is 11.2. The summed E-state index contributed by atoms with van der Waals surface area (Å²) in [5.41, 5.74) is 4.85.